The Labute approximate surface area is 119 Å². The van der Waals surface area contributed by atoms with Crippen molar-refractivity contribution in [2.75, 3.05) is 0 Å². The van der Waals surface area contributed by atoms with Crippen LogP contribution in [0.15, 0.2) is 60.7 Å². The Bertz CT molecular complexity index is 806. The lowest BCUT2D eigenvalue weighted by Crippen LogP contribution is -2.04. The molecule has 4 heteroatoms. The maximum absolute atomic E-state index is 12.8. The fourth-order valence-electron chi connectivity index (χ4n) is 2.40. The molecule has 1 nitrogen and oxygen atoms in total. The summed E-state index contributed by atoms with van der Waals surface area (Å²) in [6, 6.07) is 15.5. The maximum atomic E-state index is 12.8. The fourth-order valence-corrected chi connectivity index (χ4v) is 2.40. The van der Waals surface area contributed by atoms with Crippen molar-refractivity contribution in [3.8, 4) is 16.9 Å². The van der Waals surface area contributed by atoms with E-state index in [4.69, 9.17) is 0 Å². The molecule has 0 saturated carbocycles. The molecule has 0 bridgehead atoms. The maximum Gasteiger partial charge on any atom is 0.416 e. The van der Waals surface area contributed by atoms with Gasteiger partial charge in [0.1, 0.15) is 5.75 Å². The Morgan fingerprint density at radius 2 is 1.57 bits per heavy atom. The molecule has 0 spiro atoms. The zero-order valence-electron chi connectivity index (χ0n) is 10.9. The zero-order chi connectivity index (χ0) is 15.0. The topological polar surface area (TPSA) is 20.2 Å². The Balaban J connectivity index is 2.26. The van der Waals surface area contributed by atoms with E-state index in [1.165, 1.54) is 12.1 Å². The van der Waals surface area contributed by atoms with E-state index in [0.29, 0.717) is 11.1 Å². The van der Waals surface area contributed by atoms with Gasteiger partial charge in [-0.05, 0) is 46.2 Å². The Hall–Kier alpha value is -2.49. The summed E-state index contributed by atoms with van der Waals surface area (Å²) in [7, 11) is 0. The molecule has 3 rings (SSSR count). The number of halogens is 3. The molecule has 3 aromatic carbocycles. The minimum Gasteiger partial charge on any atom is -0.508 e. The molecule has 0 unspecified atom stereocenters. The van der Waals surface area contributed by atoms with Gasteiger partial charge in [0.25, 0.3) is 0 Å². The number of alkyl halides is 3. The lowest BCUT2D eigenvalue weighted by molar-refractivity contribution is -0.137. The minimum absolute atomic E-state index is 0.0288. The van der Waals surface area contributed by atoms with Crippen molar-refractivity contribution in [1.29, 1.82) is 0 Å². The van der Waals surface area contributed by atoms with E-state index in [0.717, 1.165) is 22.9 Å². The quantitative estimate of drug-likeness (QED) is 0.650. The molecular formula is C17H11F3O. The molecule has 1 N–H and O–H groups in total. The van der Waals surface area contributed by atoms with Gasteiger partial charge >= 0.3 is 6.18 Å². The molecule has 0 saturated heterocycles. The van der Waals surface area contributed by atoms with Crippen molar-refractivity contribution in [2.45, 2.75) is 6.18 Å². The van der Waals surface area contributed by atoms with E-state index in [-0.39, 0.29) is 5.75 Å². The zero-order valence-corrected chi connectivity index (χ0v) is 10.9. The average Bonchev–Trinajstić information content (AvgIpc) is 2.45. The molecule has 0 aliphatic rings. The average molecular weight is 288 g/mol. The van der Waals surface area contributed by atoms with Crippen molar-refractivity contribution in [1.82, 2.24) is 0 Å². The van der Waals surface area contributed by atoms with Gasteiger partial charge in [0.05, 0.1) is 5.56 Å². The second-order valence-corrected chi connectivity index (χ2v) is 4.79. The number of aromatic hydroxyl groups is 1. The van der Waals surface area contributed by atoms with Crippen LogP contribution in [-0.2, 0) is 6.18 Å². The molecule has 0 radical (unpaired) electrons. The summed E-state index contributed by atoms with van der Waals surface area (Å²) in [5.41, 5.74) is 0.307. The molecule has 0 amide bonds. The predicted octanol–water partition coefficient (Wildman–Crippen LogP) is 5.23. The largest absolute Gasteiger partial charge is 0.508 e. The highest BCUT2D eigenvalue weighted by Crippen LogP contribution is 2.36. The SMILES string of the molecule is Oc1cc(-c2cccc(C(F)(F)F)c2)c2ccccc2c1. The molecule has 0 heterocycles. The van der Waals surface area contributed by atoms with Crippen LogP contribution in [0.3, 0.4) is 0 Å². The van der Waals surface area contributed by atoms with Gasteiger partial charge < -0.3 is 5.11 Å². The van der Waals surface area contributed by atoms with Crippen molar-refractivity contribution in [3.05, 3.63) is 66.2 Å². The van der Waals surface area contributed by atoms with Gasteiger partial charge in [-0.2, -0.15) is 13.2 Å². The van der Waals surface area contributed by atoms with E-state index in [2.05, 4.69) is 0 Å². The van der Waals surface area contributed by atoms with Gasteiger partial charge in [0.15, 0.2) is 0 Å². The smallest absolute Gasteiger partial charge is 0.416 e. The first-order valence-electron chi connectivity index (χ1n) is 6.34. The van der Waals surface area contributed by atoms with E-state index in [9.17, 15) is 18.3 Å². The van der Waals surface area contributed by atoms with Crippen LogP contribution in [0, 0.1) is 0 Å². The molecule has 106 valence electrons. The van der Waals surface area contributed by atoms with Crippen LogP contribution in [-0.4, -0.2) is 5.11 Å². The van der Waals surface area contributed by atoms with Gasteiger partial charge in [-0.3, -0.25) is 0 Å². The number of benzene rings is 3. The number of fused-ring (bicyclic) bond motifs is 1. The van der Waals surface area contributed by atoms with E-state index >= 15 is 0 Å². The monoisotopic (exact) mass is 288 g/mol. The Morgan fingerprint density at radius 1 is 0.810 bits per heavy atom. The predicted molar refractivity (Wildman–Crippen MR) is 76.1 cm³/mol. The van der Waals surface area contributed by atoms with Crippen LogP contribution in [0.1, 0.15) is 5.56 Å². The van der Waals surface area contributed by atoms with Crippen molar-refractivity contribution < 1.29 is 18.3 Å². The lowest BCUT2D eigenvalue weighted by atomic mass is 9.96. The first-order valence-corrected chi connectivity index (χ1v) is 6.34. The van der Waals surface area contributed by atoms with Crippen LogP contribution in [0.25, 0.3) is 21.9 Å². The van der Waals surface area contributed by atoms with Gasteiger partial charge in [-0.15, -0.1) is 0 Å². The second-order valence-electron chi connectivity index (χ2n) is 4.79. The van der Waals surface area contributed by atoms with E-state index < -0.39 is 11.7 Å². The van der Waals surface area contributed by atoms with Crippen LogP contribution >= 0.6 is 0 Å². The van der Waals surface area contributed by atoms with Crippen molar-refractivity contribution in [2.24, 2.45) is 0 Å². The van der Waals surface area contributed by atoms with Crippen LogP contribution in [0.5, 0.6) is 5.75 Å². The molecule has 0 aliphatic carbocycles. The third-order valence-electron chi connectivity index (χ3n) is 3.35. The number of hydrogen-bond donors (Lipinski definition) is 1. The van der Waals surface area contributed by atoms with Crippen LogP contribution in [0.2, 0.25) is 0 Å². The number of hydrogen-bond acceptors (Lipinski definition) is 1. The second kappa shape index (κ2) is 4.81. The highest BCUT2D eigenvalue weighted by atomic mass is 19.4. The third kappa shape index (κ3) is 2.57. The first kappa shape index (κ1) is 13.5. The Kier molecular flexibility index (Phi) is 3.09. The summed E-state index contributed by atoms with van der Waals surface area (Å²) in [4.78, 5) is 0. The molecule has 0 atom stereocenters. The van der Waals surface area contributed by atoms with Gasteiger partial charge in [0.2, 0.25) is 0 Å². The number of rotatable bonds is 1. The van der Waals surface area contributed by atoms with Gasteiger partial charge in [-0.1, -0.05) is 36.4 Å². The first-order chi connectivity index (χ1) is 9.95. The molecule has 0 aliphatic heterocycles. The van der Waals surface area contributed by atoms with Crippen molar-refractivity contribution >= 4 is 10.8 Å². The summed E-state index contributed by atoms with van der Waals surface area (Å²) >= 11 is 0. The minimum atomic E-state index is -4.39. The number of phenols is 1. The van der Waals surface area contributed by atoms with E-state index in [1.54, 1.807) is 12.1 Å². The van der Waals surface area contributed by atoms with Gasteiger partial charge in [0, 0.05) is 0 Å². The molecule has 0 fully saturated rings. The van der Waals surface area contributed by atoms with Gasteiger partial charge in [-0.25, -0.2) is 0 Å². The summed E-state index contributed by atoms with van der Waals surface area (Å²) in [5, 5.41) is 11.4. The number of phenolic OH excluding ortho intramolecular Hbond substituents is 1. The normalized spacial score (nSPS) is 11.8. The Morgan fingerprint density at radius 3 is 2.33 bits per heavy atom. The van der Waals surface area contributed by atoms with Crippen LogP contribution < -0.4 is 0 Å². The highest BCUT2D eigenvalue weighted by molar-refractivity contribution is 5.97. The molecule has 3 aromatic rings. The standard InChI is InChI=1S/C17H11F3O/c18-17(19,20)13-6-3-5-11(8-13)16-10-14(21)9-12-4-1-2-7-15(12)16/h1-10,21H. The summed E-state index contributed by atoms with van der Waals surface area (Å²) in [5.74, 6) is 0.0288. The summed E-state index contributed by atoms with van der Waals surface area (Å²) in [6.07, 6.45) is -4.39. The molecule has 0 aromatic heterocycles. The fraction of sp³-hybridized carbons (Fsp3) is 0.0588. The summed E-state index contributed by atoms with van der Waals surface area (Å²) < 4.78 is 38.5. The van der Waals surface area contributed by atoms with E-state index in [1.807, 2.05) is 24.3 Å². The summed E-state index contributed by atoms with van der Waals surface area (Å²) in [6.45, 7) is 0. The third-order valence-corrected chi connectivity index (χ3v) is 3.35. The lowest BCUT2D eigenvalue weighted by Gasteiger charge is -2.11. The molecule has 21 heavy (non-hydrogen) atoms. The molecular weight excluding hydrogens is 277 g/mol. The van der Waals surface area contributed by atoms with Crippen molar-refractivity contribution in [3.63, 3.8) is 0 Å². The van der Waals surface area contributed by atoms with Crippen LogP contribution in [0.4, 0.5) is 13.2 Å². The highest BCUT2D eigenvalue weighted by Gasteiger charge is 2.30.